The van der Waals surface area contributed by atoms with Crippen molar-refractivity contribution in [2.75, 3.05) is 6.54 Å². The molecule has 1 fully saturated rings. The van der Waals surface area contributed by atoms with Crippen molar-refractivity contribution in [2.24, 2.45) is 11.7 Å². The van der Waals surface area contributed by atoms with Crippen molar-refractivity contribution >= 4 is 0 Å². The second-order valence-corrected chi connectivity index (χ2v) is 5.80. The van der Waals surface area contributed by atoms with Crippen LogP contribution < -0.4 is 5.73 Å². The molecule has 1 aliphatic rings. The van der Waals surface area contributed by atoms with Crippen LogP contribution in [-0.2, 0) is 0 Å². The van der Waals surface area contributed by atoms with Gasteiger partial charge in [0.05, 0.1) is 0 Å². The first-order valence-corrected chi connectivity index (χ1v) is 7.49. The molecule has 0 spiro atoms. The number of nitrogens with zero attached hydrogens (tertiary/aromatic N) is 2. The van der Waals surface area contributed by atoms with Gasteiger partial charge in [-0.2, -0.15) is 4.98 Å². The molecule has 4 nitrogen and oxygen atoms in total. The molecule has 2 atom stereocenters. The first kappa shape index (κ1) is 14.2. The lowest BCUT2D eigenvalue weighted by atomic mass is 9.79. The highest BCUT2D eigenvalue weighted by molar-refractivity contribution is 5.59. The lowest BCUT2D eigenvalue weighted by molar-refractivity contribution is 0.249. The third-order valence-electron chi connectivity index (χ3n) is 4.41. The summed E-state index contributed by atoms with van der Waals surface area (Å²) in [5.41, 5.74) is 7.47. The molecule has 112 valence electrons. The first-order valence-electron chi connectivity index (χ1n) is 7.49. The first-order chi connectivity index (χ1) is 10.2. The van der Waals surface area contributed by atoms with Gasteiger partial charge in [-0.3, -0.25) is 0 Å². The van der Waals surface area contributed by atoms with E-state index in [-0.39, 0.29) is 11.7 Å². The van der Waals surface area contributed by atoms with Crippen molar-refractivity contribution in [3.05, 3.63) is 35.5 Å². The van der Waals surface area contributed by atoms with Crippen molar-refractivity contribution in [3.63, 3.8) is 0 Å². The quantitative estimate of drug-likeness (QED) is 0.940. The van der Waals surface area contributed by atoms with Crippen LogP contribution in [0.2, 0.25) is 0 Å². The molecule has 21 heavy (non-hydrogen) atoms. The van der Waals surface area contributed by atoms with Crippen LogP contribution in [0, 0.1) is 18.7 Å². The minimum absolute atomic E-state index is 0.235. The number of halogens is 1. The maximum atomic E-state index is 13.4. The number of aromatic nitrogens is 2. The van der Waals surface area contributed by atoms with Gasteiger partial charge >= 0.3 is 0 Å². The maximum absolute atomic E-state index is 13.4. The molecule has 2 unspecified atom stereocenters. The Hall–Kier alpha value is -1.75. The smallest absolute Gasteiger partial charge is 0.230 e. The summed E-state index contributed by atoms with van der Waals surface area (Å²) in [5.74, 6) is 1.45. The fraction of sp³-hybridized carbons (Fsp3) is 0.500. The third kappa shape index (κ3) is 2.83. The largest absolute Gasteiger partial charge is 0.339 e. The summed E-state index contributed by atoms with van der Waals surface area (Å²) in [6.45, 7) is 2.55. The van der Waals surface area contributed by atoms with Gasteiger partial charge in [-0.25, -0.2) is 4.39 Å². The molecule has 3 rings (SSSR count). The van der Waals surface area contributed by atoms with E-state index in [9.17, 15) is 4.39 Å². The summed E-state index contributed by atoms with van der Waals surface area (Å²) in [7, 11) is 0. The van der Waals surface area contributed by atoms with Gasteiger partial charge in [0.15, 0.2) is 0 Å². The predicted molar refractivity (Wildman–Crippen MR) is 78.2 cm³/mol. The highest BCUT2D eigenvalue weighted by Gasteiger charge is 2.30. The molecule has 1 aliphatic carbocycles. The summed E-state index contributed by atoms with van der Waals surface area (Å²) in [6.07, 6.45) is 4.52. The number of rotatable bonds is 3. The molecule has 0 saturated heterocycles. The Kier molecular flexibility index (Phi) is 4.01. The molecule has 0 aliphatic heterocycles. The molecular weight excluding hydrogens is 269 g/mol. The molecule has 1 heterocycles. The zero-order valence-corrected chi connectivity index (χ0v) is 12.2. The summed E-state index contributed by atoms with van der Waals surface area (Å²) in [4.78, 5) is 4.50. The molecule has 1 saturated carbocycles. The van der Waals surface area contributed by atoms with Crippen LogP contribution in [0.15, 0.2) is 22.7 Å². The van der Waals surface area contributed by atoms with E-state index >= 15 is 0 Å². The molecule has 1 aromatic carbocycles. The summed E-state index contributed by atoms with van der Waals surface area (Å²) in [6, 6.07) is 4.61. The molecule has 0 radical (unpaired) electrons. The second-order valence-electron chi connectivity index (χ2n) is 5.80. The van der Waals surface area contributed by atoms with Crippen molar-refractivity contribution in [1.29, 1.82) is 0 Å². The van der Waals surface area contributed by atoms with E-state index in [2.05, 4.69) is 10.1 Å². The normalized spacial score (nSPS) is 22.4. The lowest BCUT2D eigenvalue weighted by Gasteiger charge is -2.27. The topological polar surface area (TPSA) is 64.9 Å². The Morgan fingerprint density at radius 2 is 2.14 bits per heavy atom. The monoisotopic (exact) mass is 289 g/mol. The average molecular weight is 289 g/mol. The fourth-order valence-electron chi connectivity index (χ4n) is 3.15. The zero-order valence-electron chi connectivity index (χ0n) is 12.2. The van der Waals surface area contributed by atoms with Gasteiger partial charge in [-0.05, 0) is 49.9 Å². The van der Waals surface area contributed by atoms with Gasteiger partial charge in [0.1, 0.15) is 5.82 Å². The van der Waals surface area contributed by atoms with Crippen molar-refractivity contribution in [1.82, 2.24) is 10.1 Å². The van der Waals surface area contributed by atoms with Crippen LogP contribution in [-0.4, -0.2) is 16.7 Å². The minimum atomic E-state index is -0.292. The highest BCUT2D eigenvalue weighted by Crippen LogP contribution is 2.37. The number of benzene rings is 1. The molecule has 5 heteroatoms. The van der Waals surface area contributed by atoms with E-state index in [0.29, 0.717) is 29.7 Å². The van der Waals surface area contributed by atoms with E-state index in [1.807, 2.05) is 6.92 Å². The summed E-state index contributed by atoms with van der Waals surface area (Å²) >= 11 is 0. The number of hydrogen-bond acceptors (Lipinski definition) is 4. The van der Waals surface area contributed by atoms with E-state index in [1.54, 1.807) is 6.07 Å². The van der Waals surface area contributed by atoms with E-state index in [0.717, 1.165) is 24.8 Å². The summed E-state index contributed by atoms with van der Waals surface area (Å²) in [5, 5.41) is 4.04. The van der Waals surface area contributed by atoms with Crippen LogP contribution in [0.5, 0.6) is 0 Å². The zero-order chi connectivity index (χ0) is 14.8. The van der Waals surface area contributed by atoms with E-state index in [1.165, 1.54) is 18.6 Å². The summed E-state index contributed by atoms with van der Waals surface area (Å²) < 4.78 is 18.9. The molecule has 2 N–H and O–H groups in total. The van der Waals surface area contributed by atoms with Gasteiger partial charge in [-0.1, -0.05) is 24.1 Å². The van der Waals surface area contributed by atoms with Crippen molar-refractivity contribution in [3.8, 4) is 11.4 Å². The van der Waals surface area contributed by atoms with Gasteiger partial charge in [0.25, 0.3) is 0 Å². The van der Waals surface area contributed by atoms with Gasteiger partial charge in [0, 0.05) is 11.5 Å². The highest BCUT2D eigenvalue weighted by atomic mass is 19.1. The van der Waals surface area contributed by atoms with Gasteiger partial charge in [0.2, 0.25) is 11.7 Å². The average Bonchev–Trinajstić information content (AvgIpc) is 2.99. The van der Waals surface area contributed by atoms with Crippen LogP contribution in [0.25, 0.3) is 11.4 Å². The fourth-order valence-corrected chi connectivity index (χ4v) is 3.15. The minimum Gasteiger partial charge on any atom is -0.339 e. The number of hydrogen-bond donors (Lipinski definition) is 1. The van der Waals surface area contributed by atoms with Crippen LogP contribution in [0.1, 0.15) is 43.1 Å². The Labute approximate surface area is 123 Å². The number of aryl methyl sites for hydroxylation is 1. The van der Waals surface area contributed by atoms with Crippen molar-refractivity contribution < 1.29 is 8.91 Å². The van der Waals surface area contributed by atoms with Crippen molar-refractivity contribution in [2.45, 2.75) is 38.5 Å². The molecule has 0 amide bonds. The Bertz CT molecular complexity index is 626. The van der Waals surface area contributed by atoms with E-state index < -0.39 is 0 Å². The number of nitrogens with two attached hydrogens (primary N) is 1. The molecular formula is C16H20FN3O. The third-order valence-corrected chi connectivity index (χ3v) is 4.41. The lowest BCUT2D eigenvalue weighted by Crippen LogP contribution is -2.25. The SMILES string of the molecule is Cc1ccc(F)cc1-c1noc(C2CCCCC2CN)n1. The predicted octanol–water partition coefficient (Wildman–Crippen LogP) is 3.42. The maximum Gasteiger partial charge on any atom is 0.230 e. The standard InChI is InChI=1S/C16H20FN3O/c1-10-6-7-12(17)8-14(10)15-19-16(21-20-15)13-5-3-2-4-11(13)9-18/h6-8,11,13H,2-5,9,18H2,1H3. The molecule has 2 aromatic rings. The van der Waals surface area contributed by atoms with Crippen LogP contribution in [0.4, 0.5) is 4.39 Å². The Morgan fingerprint density at radius 1 is 1.33 bits per heavy atom. The Balaban J connectivity index is 1.90. The Morgan fingerprint density at radius 3 is 2.95 bits per heavy atom. The molecule has 0 bridgehead atoms. The van der Waals surface area contributed by atoms with Gasteiger partial charge in [-0.15, -0.1) is 0 Å². The van der Waals surface area contributed by atoms with E-state index in [4.69, 9.17) is 10.3 Å². The molecule has 1 aromatic heterocycles. The van der Waals surface area contributed by atoms with Crippen LogP contribution in [0.3, 0.4) is 0 Å². The van der Waals surface area contributed by atoms with Gasteiger partial charge < -0.3 is 10.3 Å². The second kappa shape index (κ2) is 5.93. The van der Waals surface area contributed by atoms with Crippen LogP contribution >= 0.6 is 0 Å².